The molecule has 148 valence electrons. The van der Waals surface area contributed by atoms with Gasteiger partial charge in [0, 0.05) is 5.57 Å². The van der Waals surface area contributed by atoms with E-state index in [1.807, 2.05) is 0 Å². The number of carboxylic acid groups (broad SMARTS) is 1. The number of phenols is 2. The van der Waals surface area contributed by atoms with Gasteiger partial charge in [0.15, 0.2) is 5.78 Å². The number of aryl methyl sites for hydroxylation is 1. The molecule has 0 heterocycles. The van der Waals surface area contributed by atoms with Gasteiger partial charge in [-0.15, -0.1) is 0 Å². The van der Waals surface area contributed by atoms with Crippen molar-refractivity contribution in [2.45, 2.75) is 6.92 Å². The largest absolute Gasteiger partial charge is 0.508 e. The number of aromatic carboxylic acids is 1. The Hall–Kier alpha value is -3.68. The van der Waals surface area contributed by atoms with E-state index in [-0.39, 0.29) is 35.0 Å². The second-order valence-corrected chi connectivity index (χ2v) is 6.51. The van der Waals surface area contributed by atoms with E-state index in [1.165, 1.54) is 24.3 Å². The lowest BCUT2D eigenvalue weighted by molar-refractivity contribution is -0.233. The van der Waals surface area contributed by atoms with Crippen molar-refractivity contribution in [3.8, 4) is 11.5 Å². The van der Waals surface area contributed by atoms with Crippen molar-refractivity contribution >= 4 is 17.3 Å². The summed E-state index contributed by atoms with van der Waals surface area (Å²) in [6.07, 6.45) is 4.45. The van der Waals surface area contributed by atoms with Gasteiger partial charge >= 0.3 is 5.97 Å². The maximum Gasteiger partial charge on any atom is 0.339 e. The smallest absolute Gasteiger partial charge is 0.339 e. The Balaban J connectivity index is 2.30. The highest BCUT2D eigenvalue weighted by Crippen LogP contribution is 2.34. The number of hydrogen-bond donors (Lipinski definition) is 4. The van der Waals surface area contributed by atoms with Gasteiger partial charge in [0.1, 0.15) is 23.7 Å². The van der Waals surface area contributed by atoms with E-state index in [4.69, 9.17) is 5.26 Å². The van der Waals surface area contributed by atoms with E-state index in [9.17, 15) is 24.9 Å². The monoisotopic (exact) mass is 394 g/mol. The Morgan fingerprint density at radius 1 is 1.00 bits per heavy atom. The summed E-state index contributed by atoms with van der Waals surface area (Å²) >= 11 is 0. The highest BCUT2D eigenvalue weighted by Gasteiger charge is 2.19. The summed E-state index contributed by atoms with van der Waals surface area (Å²) in [5.74, 6) is -1.86. The Morgan fingerprint density at radius 2 is 1.66 bits per heavy atom. The van der Waals surface area contributed by atoms with Crippen LogP contribution in [0, 0.1) is 6.92 Å². The molecule has 1 aliphatic rings. The molecule has 7 nitrogen and oxygen atoms in total. The molecule has 0 unspecified atom stereocenters. The van der Waals surface area contributed by atoms with E-state index in [0.717, 1.165) is 0 Å². The Labute approximate surface area is 166 Å². The number of carbonyl (C=O) groups is 2. The van der Waals surface area contributed by atoms with Crippen LogP contribution in [-0.2, 0) is 9.68 Å². The van der Waals surface area contributed by atoms with E-state index >= 15 is 0 Å². The Kier molecular flexibility index (Phi) is 5.63. The average Bonchev–Trinajstić information content (AvgIpc) is 2.68. The molecule has 0 saturated carbocycles. The number of ketones is 1. The van der Waals surface area contributed by atoms with Crippen LogP contribution in [0.3, 0.4) is 0 Å². The number of allylic oxidation sites excluding steroid dienone is 4. The van der Waals surface area contributed by atoms with Crippen molar-refractivity contribution in [2.24, 2.45) is 0 Å². The van der Waals surface area contributed by atoms with Crippen molar-refractivity contribution in [1.29, 1.82) is 0 Å². The van der Waals surface area contributed by atoms with Crippen LogP contribution in [0.1, 0.15) is 27.0 Å². The number of aromatic hydroxyl groups is 2. The lowest BCUT2D eigenvalue weighted by Crippen LogP contribution is -2.10. The first-order valence-corrected chi connectivity index (χ1v) is 8.62. The zero-order valence-corrected chi connectivity index (χ0v) is 15.4. The standard InChI is InChI=1S/C22H18O7/c1-12-8-13(2-5-18(12)23)21(14-3-6-19(24)16(9-14)11-29-28)15-4-7-20(25)17(10-15)22(26)27/h2-10,23,25,28H,11H2,1H3,(H,26,27). The van der Waals surface area contributed by atoms with Gasteiger partial charge in [-0.25, -0.2) is 9.68 Å². The van der Waals surface area contributed by atoms with Crippen LogP contribution in [0.25, 0.3) is 5.57 Å². The van der Waals surface area contributed by atoms with Gasteiger partial charge in [-0.2, -0.15) is 0 Å². The van der Waals surface area contributed by atoms with Crippen LogP contribution in [0.15, 0.2) is 65.8 Å². The zero-order chi connectivity index (χ0) is 21.1. The molecule has 4 N–H and O–H groups in total. The molecule has 2 aromatic rings. The third-order valence-electron chi connectivity index (χ3n) is 4.57. The fourth-order valence-electron chi connectivity index (χ4n) is 3.09. The molecule has 0 saturated heterocycles. The molecule has 0 fully saturated rings. The Bertz CT molecular complexity index is 1090. The molecule has 1 aliphatic carbocycles. The van der Waals surface area contributed by atoms with E-state index in [1.54, 1.807) is 37.3 Å². The van der Waals surface area contributed by atoms with Gasteiger partial charge in [0.25, 0.3) is 0 Å². The van der Waals surface area contributed by atoms with Crippen molar-refractivity contribution in [1.82, 2.24) is 0 Å². The minimum absolute atomic E-state index is 0.106. The van der Waals surface area contributed by atoms with E-state index < -0.39 is 5.97 Å². The first-order valence-electron chi connectivity index (χ1n) is 8.62. The van der Waals surface area contributed by atoms with E-state index in [0.29, 0.717) is 27.8 Å². The molecule has 3 rings (SSSR count). The SMILES string of the molecule is Cc1cc(C(=C2C=CC(=O)C(COO)=C2)c2ccc(O)c(C(=O)O)c2)ccc1O. The summed E-state index contributed by atoms with van der Waals surface area (Å²) in [4.78, 5) is 27.6. The maximum absolute atomic E-state index is 12.0. The van der Waals surface area contributed by atoms with Crippen LogP contribution in [0.5, 0.6) is 11.5 Å². The third-order valence-corrected chi connectivity index (χ3v) is 4.57. The first-order chi connectivity index (χ1) is 13.8. The van der Waals surface area contributed by atoms with Crippen LogP contribution in [0.2, 0.25) is 0 Å². The second kappa shape index (κ2) is 8.14. The molecule has 2 aromatic carbocycles. The van der Waals surface area contributed by atoms with E-state index in [2.05, 4.69) is 4.89 Å². The van der Waals surface area contributed by atoms with Gasteiger partial charge in [-0.3, -0.25) is 10.1 Å². The summed E-state index contributed by atoms with van der Waals surface area (Å²) in [6.45, 7) is 1.42. The third kappa shape index (κ3) is 4.11. The van der Waals surface area contributed by atoms with Crippen molar-refractivity contribution < 1.29 is 35.1 Å². The predicted molar refractivity (Wildman–Crippen MR) is 105 cm³/mol. The van der Waals surface area contributed by atoms with Gasteiger partial charge < -0.3 is 15.3 Å². The molecule has 0 aromatic heterocycles. The zero-order valence-electron chi connectivity index (χ0n) is 15.4. The van der Waals surface area contributed by atoms with Crippen molar-refractivity contribution in [3.05, 3.63) is 88.0 Å². The average molecular weight is 394 g/mol. The van der Waals surface area contributed by atoms with Gasteiger partial charge in [0.05, 0.1) is 0 Å². The van der Waals surface area contributed by atoms with Crippen LogP contribution < -0.4 is 0 Å². The fraction of sp³-hybridized carbons (Fsp3) is 0.0909. The minimum Gasteiger partial charge on any atom is -0.508 e. The lowest BCUT2D eigenvalue weighted by Gasteiger charge is -2.17. The normalized spacial score (nSPS) is 15.2. The number of rotatable bonds is 5. The number of hydrogen-bond acceptors (Lipinski definition) is 6. The van der Waals surface area contributed by atoms with Crippen LogP contribution in [0.4, 0.5) is 0 Å². The highest BCUT2D eigenvalue weighted by atomic mass is 17.1. The molecule has 0 aliphatic heterocycles. The summed E-state index contributed by atoms with van der Waals surface area (Å²) in [6, 6.07) is 9.09. The molecular weight excluding hydrogens is 376 g/mol. The quantitative estimate of drug-likeness (QED) is 0.452. The van der Waals surface area contributed by atoms with Crippen LogP contribution >= 0.6 is 0 Å². The summed E-state index contributed by atoms with van der Waals surface area (Å²) in [5.41, 5.74) is 2.86. The van der Waals surface area contributed by atoms with Crippen molar-refractivity contribution in [2.75, 3.05) is 6.61 Å². The summed E-state index contributed by atoms with van der Waals surface area (Å²) in [7, 11) is 0. The van der Waals surface area contributed by atoms with Gasteiger partial charge in [-0.05, 0) is 71.2 Å². The summed E-state index contributed by atoms with van der Waals surface area (Å²) in [5, 5.41) is 37.8. The molecule has 0 spiro atoms. The second-order valence-electron chi connectivity index (χ2n) is 6.51. The predicted octanol–water partition coefficient (Wildman–Crippen LogP) is 3.46. The fourth-order valence-corrected chi connectivity index (χ4v) is 3.09. The topological polar surface area (TPSA) is 124 Å². The Morgan fingerprint density at radius 3 is 2.28 bits per heavy atom. The molecular formula is C22H18O7. The van der Waals surface area contributed by atoms with Gasteiger partial charge in [-0.1, -0.05) is 18.2 Å². The molecule has 0 amide bonds. The number of phenolic OH excluding ortho intramolecular Hbond substituents is 1. The highest BCUT2D eigenvalue weighted by molar-refractivity contribution is 6.07. The lowest BCUT2D eigenvalue weighted by atomic mass is 9.88. The number of carbonyl (C=O) groups excluding carboxylic acids is 1. The molecule has 0 bridgehead atoms. The number of carboxylic acids is 1. The molecule has 0 radical (unpaired) electrons. The number of benzene rings is 2. The first kappa shape index (κ1) is 20.1. The molecule has 29 heavy (non-hydrogen) atoms. The maximum atomic E-state index is 12.0. The van der Waals surface area contributed by atoms with Crippen LogP contribution in [-0.4, -0.2) is 38.9 Å². The van der Waals surface area contributed by atoms with Crippen molar-refractivity contribution in [3.63, 3.8) is 0 Å². The summed E-state index contributed by atoms with van der Waals surface area (Å²) < 4.78 is 0. The molecule has 7 heteroatoms. The van der Waals surface area contributed by atoms with Gasteiger partial charge in [0.2, 0.25) is 0 Å². The minimum atomic E-state index is -1.28. The molecule has 0 atom stereocenters.